The molecule has 0 aliphatic heterocycles. The van der Waals surface area contributed by atoms with E-state index in [1.807, 2.05) is 13.0 Å². The van der Waals surface area contributed by atoms with Crippen molar-refractivity contribution in [2.45, 2.75) is 13.8 Å². The molecule has 0 saturated heterocycles. The summed E-state index contributed by atoms with van der Waals surface area (Å²) < 4.78 is 19.0. The van der Waals surface area contributed by atoms with Crippen LogP contribution in [0, 0.1) is 12.7 Å². The van der Waals surface area contributed by atoms with Crippen LogP contribution in [0.25, 0.3) is 11.3 Å². The highest BCUT2D eigenvalue weighted by molar-refractivity contribution is 5.88. The third kappa shape index (κ3) is 2.76. The first-order valence-electron chi connectivity index (χ1n) is 5.88. The topological polar surface area (TPSA) is 52.1 Å². The Kier molecular flexibility index (Phi) is 3.85. The van der Waals surface area contributed by atoms with Gasteiger partial charge >= 0.3 is 5.97 Å². The van der Waals surface area contributed by atoms with Crippen LogP contribution in [0.4, 0.5) is 4.39 Å². The van der Waals surface area contributed by atoms with Crippen molar-refractivity contribution in [3.05, 3.63) is 47.7 Å². The van der Waals surface area contributed by atoms with Gasteiger partial charge in [0.1, 0.15) is 12.0 Å². The zero-order valence-corrected chi connectivity index (χ0v) is 10.7. The number of halogens is 1. The van der Waals surface area contributed by atoms with E-state index in [9.17, 15) is 9.18 Å². The lowest BCUT2D eigenvalue weighted by atomic mass is 10.1. The summed E-state index contributed by atoms with van der Waals surface area (Å²) in [6, 6.07) is 7.22. The molecule has 0 radical (unpaired) electrons. The Morgan fingerprint density at radius 2 is 2.16 bits per heavy atom. The van der Waals surface area contributed by atoms with Crippen molar-refractivity contribution in [2.75, 3.05) is 6.61 Å². The van der Waals surface area contributed by atoms with E-state index >= 15 is 0 Å². The predicted molar refractivity (Wildman–Crippen MR) is 68.1 cm³/mol. The highest BCUT2D eigenvalue weighted by Gasteiger charge is 2.19. The summed E-state index contributed by atoms with van der Waals surface area (Å²) in [6.07, 6.45) is 1.16. The summed E-state index contributed by atoms with van der Waals surface area (Å²) in [5.41, 5.74) is 1.34. The smallest absolute Gasteiger partial charge is 0.360 e. The molecule has 19 heavy (non-hydrogen) atoms. The lowest BCUT2D eigenvalue weighted by Crippen LogP contribution is -2.11. The lowest BCUT2D eigenvalue weighted by Gasteiger charge is -2.06. The van der Waals surface area contributed by atoms with Gasteiger partial charge < -0.3 is 4.74 Å². The number of nitrogens with zero attached hydrogens (tertiary/aromatic N) is 2. The number of benzene rings is 1. The number of aryl methyl sites for hydroxylation is 1. The minimum atomic E-state index is -0.781. The van der Waals surface area contributed by atoms with Gasteiger partial charge in [-0.05, 0) is 19.9 Å². The van der Waals surface area contributed by atoms with Crippen LogP contribution < -0.4 is 0 Å². The van der Waals surface area contributed by atoms with Crippen molar-refractivity contribution in [1.29, 1.82) is 0 Å². The summed E-state index contributed by atoms with van der Waals surface area (Å²) in [7, 11) is 0. The number of ether oxygens (including phenoxy) is 1. The predicted octanol–water partition coefficient (Wildman–Crippen LogP) is 2.77. The standard InChI is InChI=1S/C14H13FN2O2/c1-3-19-14(18)13-11(15)12(16-8-17-13)10-6-4-5-9(2)7-10/h4-8H,3H2,1-2H3. The van der Waals surface area contributed by atoms with E-state index in [1.54, 1.807) is 25.1 Å². The number of carbonyl (C=O) groups excluding carboxylic acids is 1. The Morgan fingerprint density at radius 1 is 1.37 bits per heavy atom. The Labute approximate surface area is 110 Å². The van der Waals surface area contributed by atoms with Gasteiger partial charge in [-0.25, -0.2) is 19.2 Å². The molecule has 0 bridgehead atoms. The molecular formula is C14H13FN2O2. The van der Waals surface area contributed by atoms with Crippen molar-refractivity contribution in [1.82, 2.24) is 9.97 Å². The van der Waals surface area contributed by atoms with Gasteiger partial charge in [0.25, 0.3) is 0 Å². The summed E-state index contributed by atoms with van der Waals surface area (Å²) in [4.78, 5) is 19.1. The highest BCUT2D eigenvalue weighted by atomic mass is 19.1. The number of carbonyl (C=O) groups is 1. The largest absolute Gasteiger partial charge is 0.461 e. The summed E-state index contributed by atoms with van der Waals surface area (Å²) >= 11 is 0. The van der Waals surface area contributed by atoms with Gasteiger partial charge in [-0.2, -0.15) is 0 Å². The van der Waals surface area contributed by atoms with Crippen molar-refractivity contribution in [3.63, 3.8) is 0 Å². The number of hydrogen-bond donors (Lipinski definition) is 0. The Morgan fingerprint density at radius 3 is 2.84 bits per heavy atom. The van der Waals surface area contributed by atoms with E-state index < -0.39 is 11.8 Å². The Hall–Kier alpha value is -2.30. The van der Waals surface area contributed by atoms with E-state index in [0.717, 1.165) is 11.9 Å². The molecule has 0 aliphatic carbocycles. The molecule has 4 nitrogen and oxygen atoms in total. The van der Waals surface area contributed by atoms with Crippen molar-refractivity contribution >= 4 is 5.97 Å². The molecule has 98 valence electrons. The fraction of sp³-hybridized carbons (Fsp3) is 0.214. The summed E-state index contributed by atoms with van der Waals surface area (Å²) in [5.74, 6) is -1.54. The Bertz CT molecular complexity index is 614. The van der Waals surface area contributed by atoms with Crippen molar-refractivity contribution < 1.29 is 13.9 Å². The van der Waals surface area contributed by atoms with Crippen molar-refractivity contribution in [3.8, 4) is 11.3 Å². The molecule has 2 rings (SSSR count). The summed E-state index contributed by atoms with van der Waals surface area (Å²) in [5, 5.41) is 0. The van der Waals surface area contributed by atoms with E-state index in [2.05, 4.69) is 9.97 Å². The Balaban J connectivity index is 2.48. The molecule has 0 saturated carbocycles. The molecule has 5 heteroatoms. The highest BCUT2D eigenvalue weighted by Crippen LogP contribution is 2.22. The third-order valence-electron chi connectivity index (χ3n) is 2.55. The maximum absolute atomic E-state index is 14.2. The van der Waals surface area contributed by atoms with Crippen LogP contribution >= 0.6 is 0 Å². The minimum Gasteiger partial charge on any atom is -0.461 e. The number of esters is 1. The van der Waals surface area contributed by atoms with Gasteiger partial charge in [0.15, 0.2) is 11.5 Å². The molecule has 1 aromatic carbocycles. The molecule has 0 amide bonds. The van der Waals surface area contributed by atoms with Crippen LogP contribution in [-0.4, -0.2) is 22.5 Å². The van der Waals surface area contributed by atoms with E-state index in [1.165, 1.54) is 0 Å². The molecule has 0 fully saturated rings. The van der Waals surface area contributed by atoms with E-state index in [4.69, 9.17) is 4.74 Å². The maximum Gasteiger partial charge on any atom is 0.360 e. The third-order valence-corrected chi connectivity index (χ3v) is 2.55. The van der Waals surface area contributed by atoms with E-state index in [0.29, 0.717) is 5.56 Å². The molecule has 1 aromatic heterocycles. The van der Waals surface area contributed by atoms with Gasteiger partial charge in [-0.15, -0.1) is 0 Å². The van der Waals surface area contributed by atoms with E-state index in [-0.39, 0.29) is 18.0 Å². The van der Waals surface area contributed by atoms with Crippen LogP contribution in [0.1, 0.15) is 23.0 Å². The van der Waals surface area contributed by atoms with Crippen LogP contribution in [0.5, 0.6) is 0 Å². The second-order valence-electron chi connectivity index (χ2n) is 3.97. The molecular weight excluding hydrogens is 247 g/mol. The molecule has 0 atom stereocenters. The SMILES string of the molecule is CCOC(=O)c1ncnc(-c2cccc(C)c2)c1F. The van der Waals surface area contributed by atoms with Gasteiger partial charge in [0, 0.05) is 5.56 Å². The average molecular weight is 260 g/mol. The van der Waals surface area contributed by atoms with Crippen LogP contribution in [-0.2, 0) is 4.74 Å². The van der Waals surface area contributed by atoms with Gasteiger partial charge in [-0.1, -0.05) is 23.8 Å². The average Bonchev–Trinajstić information content (AvgIpc) is 2.39. The normalized spacial score (nSPS) is 10.3. The molecule has 0 N–H and O–H groups in total. The molecule has 0 unspecified atom stereocenters. The number of aromatic nitrogens is 2. The first-order chi connectivity index (χ1) is 9.13. The monoisotopic (exact) mass is 260 g/mol. The van der Waals surface area contributed by atoms with Crippen LogP contribution in [0.3, 0.4) is 0 Å². The van der Waals surface area contributed by atoms with Gasteiger partial charge in [0.05, 0.1) is 6.61 Å². The second-order valence-corrected chi connectivity index (χ2v) is 3.97. The first-order valence-corrected chi connectivity index (χ1v) is 5.88. The van der Waals surface area contributed by atoms with Gasteiger partial charge in [0.2, 0.25) is 0 Å². The molecule has 0 aliphatic rings. The quantitative estimate of drug-likeness (QED) is 0.796. The number of rotatable bonds is 3. The second kappa shape index (κ2) is 5.56. The molecule has 0 spiro atoms. The zero-order valence-electron chi connectivity index (χ0n) is 10.7. The fourth-order valence-electron chi connectivity index (χ4n) is 1.71. The van der Waals surface area contributed by atoms with Crippen LogP contribution in [0.15, 0.2) is 30.6 Å². The molecule has 1 heterocycles. The first kappa shape index (κ1) is 13.1. The summed E-state index contributed by atoms with van der Waals surface area (Å²) in [6.45, 7) is 3.72. The minimum absolute atomic E-state index is 0.0988. The fourth-order valence-corrected chi connectivity index (χ4v) is 1.71. The van der Waals surface area contributed by atoms with Gasteiger partial charge in [-0.3, -0.25) is 0 Å². The van der Waals surface area contributed by atoms with Crippen LogP contribution in [0.2, 0.25) is 0 Å². The van der Waals surface area contributed by atoms with Crippen molar-refractivity contribution in [2.24, 2.45) is 0 Å². The number of hydrogen-bond acceptors (Lipinski definition) is 4. The zero-order chi connectivity index (χ0) is 13.8. The maximum atomic E-state index is 14.2. The molecule has 2 aromatic rings. The lowest BCUT2D eigenvalue weighted by molar-refractivity contribution is 0.0513.